The number of rotatable bonds is 1. The average molecular weight is 170 g/mol. The van der Waals surface area contributed by atoms with Crippen molar-refractivity contribution in [3.63, 3.8) is 0 Å². The lowest BCUT2D eigenvalue weighted by atomic mass is 10.1. The van der Waals surface area contributed by atoms with E-state index in [9.17, 15) is 4.79 Å². The van der Waals surface area contributed by atoms with Gasteiger partial charge >= 0.3 is 5.97 Å². The summed E-state index contributed by atoms with van der Waals surface area (Å²) in [6.07, 6.45) is 7.50. The Bertz CT molecular complexity index is 143. The molecule has 2 nitrogen and oxygen atoms in total. The molecule has 0 aromatic heterocycles. The molecule has 1 aliphatic rings. The number of hydrogen-bond acceptors (Lipinski definition) is 2. The first kappa shape index (κ1) is 9.56. The highest BCUT2D eigenvalue weighted by atomic mass is 16.5. The van der Waals surface area contributed by atoms with Gasteiger partial charge in [0.25, 0.3) is 0 Å². The van der Waals surface area contributed by atoms with E-state index in [1.54, 1.807) is 0 Å². The van der Waals surface area contributed by atoms with Crippen molar-refractivity contribution in [1.29, 1.82) is 0 Å². The van der Waals surface area contributed by atoms with E-state index in [0.29, 0.717) is 6.42 Å². The molecule has 2 heteroatoms. The third-order valence-electron chi connectivity index (χ3n) is 2.41. The Labute approximate surface area is 74.3 Å². The van der Waals surface area contributed by atoms with Crippen molar-refractivity contribution in [3.05, 3.63) is 0 Å². The molecular weight excluding hydrogens is 152 g/mol. The second kappa shape index (κ2) is 5.18. The van der Waals surface area contributed by atoms with Gasteiger partial charge < -0.3 is 4.74 Å². The van der Waals surface area contributed by atoms with Gasteiger partial charge in [-0.25, -0.2) is 0 Å². The minimum Gasteiger partial charge on any atom is -0.462 e. The zero-order valence-corrected chi connectivity index (χ0v) is 7.84. The van der Waals surface area contributed by atoms with Crippen LogP contribution in [0.4, 0.5) is 0 Å². The summed E-state index contributed by atoms with van der Waals surface area (Å²) in [4.78, 5) is 11.1. The van der Waals surface area contributed by atoms with Crippen LogP contribution in [0.2, 0.25) is 0 Å². The topological polar surface area (TPSA) is 26.3 Å². The number of carbonyl (C=O) groups is 1. The summed E-state index contributed by atoms with van der Waals surface area (Å²) in [5.74, 6) is 0.00347. The monoisotopic (exact) mass is 170 g/mol. The van der Waals surface area contributed by atoms with Gasteiger partial charge in [0.1, 0.15) is 6.10 Å². The zero-order chi connectivity index (χ0) is 8.81. The van der Waals surface area contributed by atoms with E-state index in [0.717, 1.165) is 19.3 Å². The number of hydrogen-bond donors (Lipinski definition) is 0. The fourth-order valence-corrected chi connectivity index (χ4v) is 1.59. The van der Waals surface area contributed by atoms with Crippen molar-refractivity contribution < 1.29 is 9.53 Å². The normalized spacial score (nSPS) is 26.8. The van der Waals surface area contributed by atoms with Crippen LogP contribution in [-0.2, 0) is 9.53 Å². The fourth-order valence-electron chi connectivity index (χ4n) is 1.59. The van der Waals surface area contributed by atoms with E-state index in [2.05, 4.69) is 6.92 Å². The molecule has 70 valence electrons. The maximum Gasteiger partial charge on any atom is 0.306 e. The SMILES string of the molecule is CC[C@H]1CCCCCCC(=O)O1. The first-order valence-electron chi connectivity index (χ1n) is 5.02. The third-order valence-corrected chi connectivity index (χ3v) is 2.41. The van der Waals surface area contributed by atoms with E-state index in [-0.39, 0.29) is 12.1 Å². The van der Waals surface area contributed by atoms with Crippen molar-refractivity contribution in [1.82, 2.24) is 0 Å². The number of cyclic esters (lactones) is 1. The second-order valence-corrected chi connectivity index (χ2v) is 3.47. The van der Waals surface area contributed by atoms with Gasteiger partial charge in [-0.15, -0.1) is 0 Å². The summed E-state index contributed by atoms with van der Waals surface area (Å²) >= 11 is 0. The molecule has 1 fully saturated rings. The Balaban J connectivity index is 2.37. The molecule has 1 heterocycles. The Morgan fingerprint density at radius 2 is 2.08 bits per heavy atom. The Morgan fingerprint density at radius 1 is 1.33 bits per heavy atom. The molecule has 0 spiro atoms. The summed E-state index contributed by atoms with van der Waals surface area (Å²) in [5.41, 5.74) is 0. The molecule has 1 atom stereocenters. The van der Waals surface area contributed by atoms with Gasteiger partial charge in [0.2, 0.25) is 0 Å². The van der Waals surface area contributed by atoms with Crippen LogP contribution in [0, 0.1) is 0 Å². The lowest BCUT2D eigenvalue weighted by Gasteiger charge is -2.13. The largest absolute Gasteiger partial charge is 0.462 e. The maximum atomic E-state index is 11.1. The van der Waals surface area contributed by atoms with Gasteiger partial charge in [-0.3, -0.25) is 4.79 Å². The minimum absolute atomic E-state index is 0.00347. The summed E-state index contributed by atoms with van der Waals surface area (Å²) in [6, 6.07) is 0. The molecule has 0 radical (unpaired) electrons. The summed E-state index contributed by atoms with van der Waals surface area (Å²) in [6.45, 7) is 2.08. The standard InChI is InChI=1S/C10H18O2/c1-2-9-7-5-3-4-6-8-10(11)12-9/h9H,2-8H2,1H3/t9-/m0/s1. The highest BCUT2D eigenvalue weighted by Gasteiger charge is 2.13. The number of carbonyl (C=O) groups excluding carboxylic acids is 1. The highest BCUT2D eigenvalue weighted by Crippen LogP contribution is 2.16. The predicted molar refractivity (Wildman–Crippen MR) is 47.9 cm³/mol. The molecule has 0 aromatic rings. The lowest BCUT2D eigenvalue weighted by molar-refractivity contribution is -0.149. The first-order chi connectivity index (χ1) is 5.83. The molecule has 0 aromatic carbocycles. The predicted octanol–water partition coefficient (Wildman–Crippen LogP) is 2.66. The Kier molecular flexibility index (Phi) is 4.12. The Morgan fingerprint density at radius 3 is 2.83 bits per heavy atom. The van der Waals surface area contributed by atoms with Crippen LogP contribution < -0.4 is 0 Å². The third kappa shape index (κ3) is 3.24. The van der Waals surface area contributed by atoms with Gasteiger partial charge in [0, 0.05) is 6.42 Å². The van der Waals surface area contributed by atoms with Crippen molar-refractivity contribution in [2.24, 2.45) is 0 Å². The molecular formula is C10H18O2. The van der Waals surface area contributed by atoms with E-state index >= 15 is 0 Å². The van der Waals surface area contributed by atoms with Crippen LogP contribution in [0.5, 0.6) is 0 Å². The second-order valence-electron chi connectivity index (χ2n) is 3.47. The highest BCUT2D eigenvalue weighted by molar-refractivity contribution is 5.69. The molecule has 0 saturated carbocycles. The van der Waals surface area contributed by atoms with Crippen molar-refractivity contribution in [2.45, 2.75) is 58.0 Å². The number of esters is 1. The quantitative estimate of drug-likeness (QED) is 0.565. The summed E-state index contributed by atoms with van der Waals surface area (Å²) in [5, 5.41) is 0. The molecule has 0 N–H and O–H groups in total. The first-order valence-corrected chi connectivity index (χ1v) is 5.02. The molecule has 0 aliphatic carbocycles. The molecule has 12 heavy (non-hydrogen) atoms. The zero-order valence-electron chi connectivity index (χ0n) is 7.84. The summed E-state index contributed by atoms with van der Waals surface area (Å²) in [7, 11) is 0. The van der Waals surface area contributed by atoms with Crippen LogP contribution in [0.25, 0.3) is 0 Å². The lowest BCUT2D eigenvalue weighted by Crippen LogP contribution is -2.16. The molecule has 1 saturated heterocycles. The van der Waals surface area contributed by atoms with Gasteiger partial charge in [0.05, 0.1) is 0 Å². The van der Waals surface area contributed by atoms with Crippen molar-refractivity contribution in [2.75, 3.05) is 0 Å². The van der Waals surface area contributed by atoms with Crippen molar-refractivity contribution >= 4 is 5.97 Å². The van der Waals surface area contributed by atoms with E-state index < -0.39 is 0 Å². The molecule has 0 amide bonds. The van der Waals surface area contributed by atoms with Gasteiger partial charge in [0.15, 0.2) is 0 Å². The molecule has 1 aliphatic heterocycles. The van der Waals surface area contributed by atoms with Crippen LogP contribution in [0.15, 0.2) is 0 Å². The van der Waals surface area contributed by atoms with Gasteiger partial charge in [-0.2, -0.15) is 0 Å². The molecule has 0 unspecified atom stereocenters. The fraction of sp³-hybridized carbons (Fsp3) is 0.900. The van der Waals surface area contributed by atoms with Gasteiger partial charge in [-0.05, 0) is 25.7 Å². The van der Waals surface area contributed by atoms with Crippen LogP contribution in [0.1, 0.15) is 51.9 Å². The smallest absolute Gasteiger partial charge is 0.306 e. The van der Waals surface area contributed by atoms with E-state index in [4.69, 9.17) is 4.74 Å². The van der Waals surface area contributed by atoms with Crippen LogP contribution in [0.3, 0.4) is 0 Å². The molecule has 1 rings (SSSR count). The summed E-state index contributed by atoms with van der Waals surface area (Å²) < 4.78 is 5.28. The van der Waals surface area contributed by atoms with E-state index in [1.807, 2.05) is 0 Å². The Hall–Kier alpha value is -0.530. The van der Waals surface area contributed by atoms with Crippen molar-refractivity contribution in [3.8, 4) is 0 Å². The minimum atomic E-state index is 0.00347. The van der Waals surface area contributed by atoms with Crippen LogP contribution in [-0.4, -0.2) is 12.1 Å². The maximum absolute atomic E-state index is 11.1. The number of ether oxygens (including phenoxy) is 1. The average Bonchev–Trinajstić information content (AvgIpc) is 2.16. The molecule has 0 bridgehead atoms. The van der Waals surface area contributed by atoms with Gasteiger partial charge in [-0.1, -0.05) is 19.8 Å². The van der Waals surface area contributed by atoms with E-state index in [1.165, 1.54) is 19.3 Å². The van der Waals surface area contributed by atoms with Crippen LogP contribution >= 0.6 is 0 Å².